The molecule has 1 atom stereocenters. The van der Waals surface area contributed by atoms with Crippen molar-refractivity contribution < 1.29 is 18.7 Å². The second-order valence-electron chi connectivity index (χ2n) is 5.61. The van der Waals surface area contributed by atoms with Gasteiger partial charge in [0, 0.05) is 12.5 Å². The number of rotatable bonds is 7. The fourth-order valence-corrected chi connectivity index (χ4v) is 2.19. The molecule has 1 aromatic carbocycles. The van der Waals surface area contributed by atoms with E-state index in [1.165, 1.54) is 7.11 Å². The largest absolute Gasteiger partial charge is 0.490 e. The number of nitrogens with one attached hydrogen (secondary N) is 1. The number of esters is 1. The molecule has 0 aliphatic heterocycles. The van der Waals surface area contributed by atoms with Crippen molar-refractivity contribution >= 4 is 5.97 Å². The van der Waals surface area contributed by atoms with E-state index in [-0.39, 0.29) is 30.2 Å². The second kappa shape index (κ2) is 7.41. The number of carbonyl (C=O) groups excluding carboxylic acids is 1. The molecule has 118 valence electrons. The number of halogens is 1. The van der Waals surface area contributed by atoms with Crippen molar-refractivity contribution in [3.05, 3.63) is 29.6 Å². The minimum atomic E-state index is -0.858. The summed E-state index contributed by atoms with van der Waals surface area (Å²) in [5, 5.41) is 3.17. The van der Waals surface area contributed by atoms with Gasteiger partial charge in [-0.2, -0.15) is 0 Å². The van der Waals surface area contributed by atoms with Crippen LogP contribution < -0.4 is 10.1 Å². The Morgan fingerprint density at radius 1 is 1.43 bits per heavy atom. The van der Waals surface area contributed by atoms with Crippen molar-refractivity contribution in [3.8, 4) is 5.75 Å². The first-order valence-corrected chi connectivity index (χ1v) is 7.04. The predicted molar refractivity (Wildman–Crippen MR) is 79.9 cm³/mol. The van der Waals surface area contributed by atoms with Crippen LogP contribution in [0.3, 0.4) is 0 Å². The van der Waals surface area contributed by atoms with Gasteiger partial charge in [0.1, 0.15) is 5.54 Å². The highest BCUT2D eigenvalue weighted by molar-refractivity contribution is 5.80. The molecule has 4 nitrogen and oxygen atoms in total. The smallest absolute Gasteiger partial charge is 0.325 e. The van der Waals surface area contributed by atoms with Gasteiger partial charge in [-0.25, -0.2) is 4.39 Å². The average Bonchev–Trinajstić information content (AvgIpc) is 2.41. The van der Waals surface area contributed by atoms with Crippen molar-refractivity contribution in [2.24, 2.45) is 0 Å². The van der Waals surface area contributed by atoms with E-state index in [9.17, 15) is 9.18 Å². The van der Waals surface area contributed by atoms with Gasteiger partial charge in [0.05, 0.1) is 13.7 Å². The lowest BCUT2D eigenvalue weighted by atomic mass is 9.97. The number of methoxy groups -OCH3 is 1. The SMILES string of the molecule is COC(=O)C(C)(CCOc1cccc(C)c1F)NC(C)C. The maximum absolute atomic E-state index is 13.8. The minimum absolute atomic E-state index is 0.116. The molecule has 0 radical (unpaired) electrons. The van der Waals surface area contributed by atoms with Crippen LogP contribution in [0.4, 0.5) is 4.39 Å². The third-order valence-electron chi connectivity index (χ3n) is 3.26. The lowest BCUT2D eigenvalue weighted by molar-refractivity contribution is -0.148. The molecular weight excluding hydrogens is 273 g/mol. The highest BCUT2D eigenvalue weighted by atomic mass is 19.1. The summed E-state index contributed by atoms with van der Waals surface area (Å²) in [6.45, 7) is 7.55. The predicted octanol–water partition coefficient (Wildman–Crippen LogP) is 2.83. The summed E-state index contributed by atoms with van der Waals surface area (Å²) in [4.78, 5) is 11.9. The number of ether oxygens (including phenoxy) is 2. The summed E-state index contributed by atoms with van der Waals surface area (Å²) in [5.74, 6) is -0.523. The summed E-state index contributed by atoms with van der Waals surface area (Å²) >= 11 is 0. The third-order valence-corrected chi connectivity index (χ3v) is 3.26. The van der Waals surface area contributed by atoms with Crippen LogP contribution >= 0.6 is 0 Å². The lowest BCUT2D eigenvalue weighted by Crippen LogP contribution is -2.53. The van der Waals surface area contributed by atoms with Gasteiger partial charge in [0.25, 0.3) is 0 Å². The van der Waals surface area contributed by atoms with Crippen LogP contribution in [0.25, 0.3) is 0 Å². The van der Waals surface area contributed by atoms with Gasteiger partial charge >= 0.3 is 5.97 Å². The van der Waals surface area contributed by atoms with Crippen LogP contribution in [-0.2, 0) is 9.53 Å². The third kappa shape index (κ3) is 4.70. The Balaban J connectivity index is 2.69. The Labute approximate surface area is 125 Å². The normalized spacial score (nSPS) is 13.9. The number of hydrogen-bond acceptors (Lipinski definition) is 4. The lowest BCUT2D eigenvalue weighted by Gasteiger charge is -2.30. The molecule has 0 aliphatic carbocycles. The molecule has 1 unspecified atom stereocenters. The van der Waals surface area contributed by atoms with Crippen molar-refractivity contribution in [2.75, 3.05) is 13.7 Å². The van der Waals surface area contributed by atoms with Crippen molar-refractivity contribution in [3.63, 3.8) is 0 Å². The van der Waals surface area contributed by atoms with Gasteiger partial charge in [-0.05, 0) is 39.3 Å². The topological polar surface area (TPSA) is 47.6 Å². The molecule has 1 N–H and O–H groups in total. The molecule has 0 fully saturated rings. The summed E-state index contributed by atoms with van der Waals surface area (Å²) in [7, 11) is 1.35. The highest BCUT2D eigenvalue weighted by Crippen LogP contribution is 2.21. The summed E-state index contributed by atoms with van der Waals surface area (Å²) in [6.07, 6.45) is 0.380. The molecular formula is C16H24FNO3. The first kappa shape index (κ1) is 17.4. The maximum Gasteiger partial charge on any atom is 0.325 e. The zero-order valence-electron chi connectivity index (χ0n) is 13.3. The van der Waals surface area contributed by atoms with Gasteiger partial charge in [-0.3, -0.25) is 10.1 Å². The Hall–Kier alpha value is -1.62. The molecule has 0 bridgehead atoms. The van der Waals surface area contributed by atoms with E-state index in [1.54, 1.807) is 32.0 Å². The quantitative estimate of drug-likeness (QED) is 0.786. The molecule has 5 heteroatoms. The Bertz CT molecular complexity index is 490. The molecule has 0 saturated heterocycles. The summed E-state index contributed by atoms with van der Waals surface area (Å²) in [6, 6.07) is 5.11. The van der Waals surface area contributed by atoms with E-state index in [0.717, 1.165) is 0 Å². The van der Waals surface area contributed by atoms with Crippen molar-refractivity contribution in [1.82, 2.24) is 5.32 Å². The molecule has 21 heavy (non-hydrogen) atoms. The fourth-order valence-electron chi connectivity index (χ4n) is 2.19. The number of carbonyl (C=O) groups is 1. The molecule has 0 aromatic heterocycles. The van der Waals surface area contributed by atoms with E-state index in [4.69, 9.17) is 9.47 Å². The number of benzene rings is 1. The van der Waals surface area contributed by atoms with Crippen LogP contribution in [-0.4, -0.2) is 31.3 Å². The summed E-state index contributed by atoms with van der Waals surface area (Å²) < 4.78 is 24.1. The molecule has 0 amide bonds. The molecule has 1 aromatic rings. The molecule has 0 saturated carbocycles. The Morgan fingerprint density at radius 2 is 2.10 bits per heavy atom. The zero-order chi connectivity index (χ0) is 16.0. The Kier molecular flexibility index (Phi) is 6.15. The molecule has 0 spiro atoms. The van der Waals surface area contributed by atoms with Gasteiger partial charge in [-0.15, -0.1) is 0 Å². The summed E-state index contributed by atoms with van der Waals surface area (Å²) in [5.41, 5.74) is -0.327. The van der Waals surface area contributed by atoms with Crippen molar-refractivity contribution in [1.29, 1.82) is 0 Å². The van der Waals surface area contributed by atoms with Gasteiger partial charge in [0.15, 0.2) is 11.6 Å². The van der Waals surface area contributed by atoms with E-state index in [2.05, 4.69) is 5.32 Å². The van der Waals surface area contributed by atoms with E-state index >= 15 is 0 Å². The molecule has 1 rings (SSSR count). The van der Waals surface area contributed by atoms with Crippen molar-refractivity contribution in [2.45, 2.75) is 45.7 Å². The first-order valence-electron chi connectivity index (χ1n) is 7.04. The van der Waals surface area contributed by atoms with Gasteiger partial charge in [-0.1, -0.05) is 12.1 Å². The second-order valence-corrected chi connectivity index (χ2v) is 5.61. The van der Waals surface area contributed by atoms with Crippen LogP contribution in [0.15, 0.2) is 18.2 Å². The monoisotopic (exact) mass is 297 g/mol. The van der Waals surface area contributed by atoms with Gasteiger partial charge in [0.2, 0.25) is 0 Å². The number of hydrogen-bond donors (Lipinski definition) is 1. The van der Waals surface area contributed by atoms with E-state index in [1.807, 2.05) is 13.8 Å². The van der Waals surface area contributed by atoms with Crippen LogP contribution in [0, 0.1) is 12.7 Å². The van der Waals surface area contributed by atoms with E-state index < -0.39 is 5.54 Å². The average molecular weight is 297 g/mol. The van der Waals surface area contributed by atoms with Gasteiger partial charge < -0.3 is 9.47 Å². The van der Waals surface area contributed by atoms with Crippen LogP contribution in [0.2, 0.25) is 0 Å². The first-order chi connectivity index (χ1) is 9.80. The fraction of sp³-hybridized carbons (Fsp3) is 0.562. The Morgan fingerprint density at radius 3 is 2.67 bits per heavy atom. The maximum atomic E-state index is 13.8. The molecule has 0 aliphatic rings. The zero-order valence-corrected chi connectivity index (χ0v) is 13.3. The van der Waals surface area contributed by atoms with Crippen LogP contribution in [0.5, 0.6) is 5.75 Å². The standard InChI is InChI=1S/C16H24FNO3/c1-11(2)18-16(4,15(19)20-5)9-10-21-13-8-6-7-12(3)14(13)17/h6-8,11,18H,9-10H2,1-5H3. The van der Waals surface area contributed by atoms with Crippen LogP contribution in [0.1, 0.15) is 32.8 Å². The number of aryl methyl sites for hydroxylation is 1. The highest BCUT2D eigenvalue weighted by Gasteiger charge is 2.34. The minimum Gasteiger partial charge on any atom is -0.490 e. The van der Waals surface area contributed by atoms with E-state index in [0.29, 0.717) is 12.0 Å². The molecule has 0 heterocycles.